The van der Waals surface area contributed by atoms with Gasteiger partial charge in [0.25, 0.3) is 0 Å². The minimum Gasteiger partial charge on any atom is -0.461 e. The van der Waals surface area contributed by atoms with Crippen LogP contribution in [0, 0.1) is 17.8 Å². The van der Waals surface area contributed by atoms with Crippen molar-refractivity contribution in [2.45, 2.75) is 189 Å². The third-order valence-electron chi connectivity index (χ3n) is 8.46. The Morgan fingerprint density at radius 1 is 0.600 bits per heavy atom. The number of hydrogen-bond donors (Lipinski definition) is 0. The van der Waals surface area contributed by atoms with Gasteiger partial charge in [0.2, 0.25) is 0 Å². The molecule has 0 unspecified atom stereocenters. The molecule has 0 aliphatic heterocycles. The van der Waals surface area contributed by atoms with E-state index in [9.17, 15) is 4.79 Å². The first-order valence-corrected chi connectivity index (χ1v) is 17.8. The van der Waals surface area contributed by atoms with Crippen molar-refractivity contribution < 1.29 is 9.53 Å². The van der Waals surface area contributed by atoms with Gasteiger partial charge in [-0.05, 0) is 75.7 Å². The molecule has 0 saturated heterocycles. The summed E-state index contributed by atoms with van der Waals surface area (Å²) >= 11 is 0. The summed E-state index contributed by atoms with van der Waals surface area (Å²) in [6, 6.07) is 0. The van der Waals surface area contributed by atoms with Gasteiger partial charge in [0, 0.05) is 6.42 Å². The molecule has 2 atom stereocenters. The molecule has 0 radical (unpaired) electrons. The second-order valence-electron chi connectivity index (χ2n) is 13.4. The first kappa shape index (κ1) is 39.0. The Labute approximate surface area is 252 Å². The molecule has 0 saturated carbocycles. The summed E-state index contributed by atoms with van der Waals surface area (Å²) in [5, 5.41) is 0. The average molecular weight is 561 g/mol. The van der Waals surface area contributed by atoms with Crippen LogP contribution in [-0.4, -0.2) is 12.6 Å². The highest BCUT2D eigenvalue weighted by Gasteiger charge is 2.07. The predicted molar refractivity (Wildman–Crippen MR) is 179 cm³/mol. The van der Waals surface area contributed by atoms with E-state index in [2.05, 4.69) is 59.8 Å². The fraction of sp³-hybridized carbons (Fsp3) is 0.868. The molecule has 0 heterocycles. The van der Waals surface area contributed by atoms with E-state index in [1.54, 1.807) is 0 Å². The van der Waals surface area contributed by atoms with Gasteiger partial charge in [-0.25, -0.2) is 0 Å². The van der Waals surface area contributed by atoms with E-state index in [-0.39, 0.29) is 5.97 Å². The van der Waals surface area contributed by atoms with E-state index in [1.807, 2.05) is 0 Å². The topological polar surface area (TPSA) is 26.3 Å². The summed E-state index contributed by atoms with van der Waals surface area (Å²) in [5.41, 5.74) is 1.36. The molecule has 0 aromatic heterocycles. The van der Waals surface area contributed by atoms with E-state index in [0.717, 1.165) is 37.0 Å². The first-order valence-electron chi connectivity index (χ1n) is 17.8. The van der Waals surface area contributed by atoms with Crippen molar-refractivity contribution in [1.29, 1.82) is 0 Å². The van der Waals surface area contributed by atoms with Gasteiger partial charge in [0.1, 0.15) is 6.61 Å². The van der Waals surface area contributed by atoms with E-state index >= 15 is 0 Å². The summed E-state index contributed by atoms with van der Waals surface area (Å²) < 4.78 is 5.45. The van der Waals surface area contributed by atoms with Crippen LogP contribution < -0.4 is 0 Å². The van der Waals surface area contributed by atoms with Gasteiger partial charge >= 0.3 is 5.97 Å². The van der Waals surface area contributed by atoms with Crippen LogP contribution in [0.25, 0.3) is 0 Å². The molecule has 2 heteroatoms. The predicted octanol–water partition coefficient (Wildman–Crippen LogP) is 13.0. The van der Waals surface area contributed by atoms with Crippen LogP contribution in [0.3, 0.4) is 0 Å². The van der Waals surface area contributed by atoms with Gasteiger partial charge in [0.15, 0.2) is 0 Å². The van der Waals surface area contributed by atoms with Gasteiger partial charge in [-0.15, -0.1) is 0 Å². The molecule has 0 rings (SSSR count). The number of ether oxygens (including phenoxy) is 1. The van der Waals surface area contributed by atoms with Gasteiger partial charge < -0.3 is 4.74 Å². The number of carbonyl (C=O) groups is 1. The lowest BCUT2D eigenvalue weighted by Gasteiger charge is -2.15. The van der Waals surface area contributed by atoms with Crippen LogP contribution in [0.15, 0.2) is 23.8 Å². The third kappa shape index (κ3) is 29.9. The molecular formula is C38H72O2. The van der Waals surface area contributed by atoms with Crippen molar-refractivity contribution in [1.82, 2.24) is 0 Å². The Hall–Kier alpha value is -1.05. The van der Waals surface area contributed by atoms with Crippen molar-refractivity contribution >= 4 is 5.97 Å². The maximum Gasteiger partial charge on any atom is 0.306 e. The van der Waals surface area contributed by atoms with E-state index < -0.39 is 0 Å². The Balaban J connectivity index is 3.57. The molecule has 0 fully saturated rings. The fourth-order valence-corrected chi connectivity index (χ4v) is 5.50. The zero-order chi connectivity index (χ0) is 29.7. The number of rotatable bonds is 29. The number of carbonyl (C=O) groups excluding carboxylic acids is 1. The first-order chi connectivity index (χ1) is 19.3. The second-order valence-corrected chi connectivity index (χ2v) is 13.4. The van der Waals surface area contributed by atoms with Crippen molar-refractivity contribution in [2.75, 3.05) is 6.61 Å². The Bertz CT molecular complexity index is 603. The van der Waals surface area contributed by atoms with Gasteiger partial charge in [0.05, 0.1) is 0 Å². The molecule has 0 aliphatic rings. The molecule has 0 aliphatic carbocycles. The maximum absolute atomic E-state index is 12.0. The molecule has 0 spiro atoms. The SMILES string of the molecule is CCCCCCCC/C=C/CCCCCCCC(=O)OC/C=C(/C)CCC[C@H](C)CCC[C@H](C)CCCC(C)C. The molecule has 0 bridgehead atoms. The molecule has 0 amide bonds. The van der Waals surface area contributed by atoms with E-state index in [4.69, 9.17) is 4.74 Å². The summed E-state index contributed by atoms with van der Waals surface area (Å²) in [4.78, 5) is 12.0. The van der Waals surface area contributed by atoms with E-state index in [0.29, 0.717) is 13.0 Å². The van der Waals surface area contributed by atoms with Crippen LogP contribution in [-0.2, 0) is 9.53 Å². The van der Waals surface area contributed by atoms with Crippen LogP contribution in [0.4, 0.5) is 0 Å². The summed E-state index contributed by atoms with van der Waals surface area (Å²) in [7, 11) is 0. The number of unbranched alkanes of at least 4 members (excludes halogenated alkanes) is 11. The summed E-state index contributed by atoms with van der Waals surface area (Å²) in [5.74, 6) is 2.52. The lowest BCUT2D eigenvalue weighted by molar-refractivity contribution is -0.142. The van der Waals surface area contributed by atoms with E-state index in [1.165, 1.54) is 128 Å². The molecule has 0 aromatic carbocycles. The Kier molecular flexibility index (Phi) is 28.7. The molecular weight excluding hydrogens is 488 g/mol. The molecule has 0 aromatic rings. The van der Waals surface area contributed by atoms with Crippen LogP contribution in [0.5, 0.6) is 0 Å². The highest BCUT2D eigenvalue weighted by Crippen LogP contribution is 2.22. The normalized spacial score (nSPS) is 13.8. The standard InChI is InChI=1S/C38H72O2/c1-7-8-9-10-11-12-13-14-15-16-17-18-19-20-21-31-38(39)40-33-32-37(6)30-24-29-36(5)28-23-27-35(4)26-22-25-34(2)3/h14-15,32,34-36H,7-13,16-31,33H2,1-6H3/b15-14+,37-32-/t35-,36-/m1/s1. The van der Waals surface area contributed by atoms with Crippen molar-refractivity contribution in [3.8, 4) is 0 Å². The van der Waals surface area contributed by atoms with Crippen LogP contribution in [0.2, 0.25) is 0 Å². The van der Waals surface area contributed by atoms with Gasteiger partial charge in [-0.3, -0.25) is 4.79 Å². The molecule has 236 valence electrons. The van der Waals surface area contributed by atoms with Crippen molar-refractivity contribution in [2.24, 2.45) is 17.8 Å². The fourth-order valence-electron chi connectivity index (χ4n) is 5.50. The molecule has 0 N–H and O–H groups in total. The minimum atomic E-state index is -0.0336. The number of allylic oxidation sites excluding steroid dienone is 3. The highest BCUT2D eigenvalue weighted by molar-refractivity contribution is 5.69. The summed E-state index contributed by atoms with van der Waals surface area (Å²) in [6.07, 6.45) is 36.1. The van der Waals surface area contributed by atoms with Crippen molar-refractivity contribution in [3.05, 3.63) is 23.8 Å². The minimum absolute atomic E-state index is 0.0336. The summed E-state index contributed by atoms with van der Waals surface area (Å²) in [6.45, 7) is 14.4. The lowest BCUT2D eigenvalue weighted by atomic mass is 9.91. The average Bonchev–Trinajstić information content (AvgIpc) is 2.90. The molecule has 40 heavy (non-hydrogen) atoms. The maximum atomic E-state index is 12.0. The smallest absolute Gasteiger partial charge is 0.306 e. The number of esters is 1. The highest BCUT2D eigenvalue weighted by atomic mass is 16.5. The van der Waals surface area contributed by atoms with Crippen LogP contribution >= 0.6 is 0 Å². The zero-order valence-electron chi connectivity index (χ0n) is 28.3. The van der Waals surface area contributed by atoms with Gasteiger partial charge in [-0.1, -0.05) is 149 Å². The molecule has 2 nitrogen and oxygen atoms in total. The number of hydrogen-bond acceptors (Lipinski definition) is 2. The zero-order valence-corrected chi connectivity index (χ0v) is 28.3. The van der Waals surface area contributed by atoms with Gasteiger partial charge in [-0.2, -0.15) is 0 Å². The lowest BCUT2D eigenvalue weighted by Crippen LogP contribution is -2.04. The third-order valence-corrected chi connectivity index (χ3v) is 8.46. The Morgan fingerprint density at radius 2 is 1.10 bits per heavy atom. The monoisotopic (exact) mass is 561 g/mol. The van der Waals surface area contributed by atoms with Crippen molar-refractivity contribution in [3.63, 3.8) is 0 Å². The Morgan fingerprint density at radius 3 is 1.68 bits per heavy atom. The largest absolute Gasteiger partial charge is 0.461 e. The second kappa shape index (κ2) is 29.4. The van der Waals surface area contributed by atoms with Crippen LogP contribution in [0.1, 0.15) is 189 Å². The quantitative estimate of drug-likeness (QED) is 0.0516.